The average Bonchev–Trinajstić information content (AvgIpc) is 3.44. The van der Waals surface area contributed by atoms with E-state index in [4.69, 9.17) is 0 Å². The van der Waals surface area contributed by atoms with Crippen LogP contribution in [-0.4, -0.2) is 53.5 Å². The zero-order valence-corrected chi connectivity index (χ0v) is 15.2. The SMILES string of the molecule is CCn1nnc(-c2cccc(NC(=O)N3CCC[C@@H]3Cn3cccn3)c2)n1. The Morgan fingerprint density at radius 2 is 2.26 bits per heavy atom. The Labute approximate surface area is 157 Å². The summed E-state index contributed by atoms with van der Waals surface area (Å²) in [5.74, 6) is 0.547. The molecule has 3 heterocycles. The number of aryl methyl sites for hydroxylation is 1. The number of carbonyl (C=O) groups excluding carboxylic acids is 1. The smallest absolute Gasteiger partial charge is 0.320 e. The van der Waals surface area contributed by atoms with E-state index in [0.29, 0.717) is 18.9 Å². The molecular formula is C18H22N8O. The Morgan fingerprint density at radius 1 is 1.33 bits per heavy atom. The van der Waals surface area contributed by atoms with Crippen LogP contribution in [0.2, 0.25) is 0 Å². The van der Waals surface area contributed by atoms with E-state index in [-0.39, 0.29) is 12.1 Å². The van der Waals surface area contributed by atoms with Gasteiger partial charge in [-0.15, -0.1) is 10.2 Å². The third kappa shape index (κ3) is 3.81. The number of hydrogen-bond donors (Lipinski definition) is 1. The van der Waals surface area contributed by atoms with E-state index in [1.165, 1.54) is 4.80 Å². The summed E-state index contributed by atoms with van der Waals surface area (Å²) in [5, 5.41) is 19.6. The monoisotopic (exact) mass is 366 g/mol. The van der Waals surface area contributed by atoms with Gasteiger partial charge in [-0.1, -0.05) is 12.1 Å². The van der Waals surface area contributed by atoms with Crippen molar-refractivity contribution in [1.82, 2.24) is 34.9 Å². The summed E-state index contributed by atoms with van der Waals surface area (Å²) < 4.78 is 1.87. The Bertz CT molecular complexity index is 904. The molecule has 3 aromatic rings. The first-order valence-electron chi connectivity index (χ1n) is 9.16. The third-order valence-electron chi connectivity index (χ3n) is 4.70. The van der Waals surface area contributed by atoms with Gasteiger partial charge in [-0.2, -0.15) is 9.90 Å². The Morgan fingerprint density at radius 3 is 3.04 bits per heavy atom. The zero-order valence-electron chi connectivity index (χ0n) is 15.2. The average molecular weight is 366 g/mol. The van der Waals surface area contributed by atoms with Crippen LogP contribution < -0.4 is 5.32 Å². The van der Waals surface area contributed by atoms with Gasteiger partial charge in [-0.05, 0) is 43.2 Å². The summed E-state index contributed by atoms with van der Waals surface area (Å²) in [5.41, 5.74) is 1.54. The molecule has 0 bridgehead atoms. The second kappa shape index (κ2) is 7.56. The molecule has 0 spiro atoms. The molecule has 9 heteroatoms. The maximum Gasteiger partial charge on any atom is 0.322 e. The van der Waals surface area contributed by atoms with E-state index in [9.17, 15) is 4.79 Å². The zero-order chi connectivity index (χ0) is 18.6. The normalized spacial score (nSPS) is 16.6. The van der Waals surface area contributed by atoms with Crippen molar-refractivity contribution < 1.29 is 4.79 Å². The highest BCUT2D eigenvalue weighted by Crippen LogP contribution is 2.22. The lowest BCUT2D eigenvalue weighted by atomic mass is 10.2. The van der Waals surface area contributed by atoms with E-state index in [1.807, 2.05) is 53.0 Å². The van der Waals surface area contributed by atoms with Crippen molar-refractivity contribution in [2.24, 2.45) is 0 Å². The molecule has 1 saturated heterocycles. The molecule has 0 unspecified atom stereocenters. The summed E-state index contributed by atoms with van der Waals surface area (Å²) in [6.07, 6.45) is 5.67. The molecule has 2 amide bonds. The molecule has 1 aliphatic rings. The number of carbonyl (C=O) groups is 1. The lowest BCUT2D eigenvalue weighted by Crippen LogP contribution is -2.40. The first-order chi connectivity index (χ1) is 13.2. The fourth-order valence-corrected chi connectivity index (χ4v) is 3.34. The van der Waals surface area contributed by atoms with E-state index in [1.54, 1.807) is 6.20 Å². The molecule has 140 valence electrons. The molecule has 0 saturated carbocycles. The molecule has 0 aliphatic carbocycles. The van der Waals surface area contributed by atoms with Crippen LogP contribution in [0, 0.1) is 0 Å². The van der Waals surface area contributed by atoms with Crippen molar-refractivity contribution in [2.45, 2.75) is 38.9 Å². The summed E-state index contributed by atoms with van der Waals surface area (Å²) in [6.45, 7) is 4.09. The number of likely N-dealkylation sites (tertiary alicyclic amines) is 1. The number of tetrazole rings is 1. The van der Waals surface area contributed by atoms with Gasteiger partial charge in [0.15, 0.2) is 0 Å². The second-order valence-electron chi connectivity index (χ2n) is 6.53. The molecule has 27 heavy (non-hydrogen) atoms. The number of benzene rings is 1. The molecular weight excluding hydrogens is 344 g/mol. The lowest BCUT2D eigenvalue weighted by molar-refractivity contribution is 0.199. The fourth-order valence-electron chi connectivity index (χ4n) is 3.34. The molecule has 1 aliphatic heterocycles. The van der Waals surface area contributed by atoms with Crippen LogP contribution >= 0.6 is 0 Å². The number of anilines is 1. The van der Waals surface area contributed by atoms with Crippen LogP contribution in [-0.2, 0) is 13.1 Å². The molecule has 0 radical (unpaired) electrons. The van der Waals surface area contributed by atoms with Crippen molar-refractivity contribution in [3.63, 3.8) is 0 Å². The van der Waals surface area contributed by atoms with Crippen LogP contribution in [0.15, 0.2) is 42.7 Å². The highest BCUT2D eigenvalue weighted by atomic mass is 16.2. The van der Waals surface area contributed by atoms with Gasteiger partial charge in [0.25, 0.3) is 0 Å². The summed E-state index contributed by atoms with van der Waals surface area (Å²) in [7, 11) is 0. The van der Waals surface area contributed by atoms with Gasteiger partial charge in [-0.3, -0.25) is 4.68 Å². The largest absolute Gasteiger partial charge is 0.322 e. The van der Waals surface area contributed by atoms with Gasteiger partial charge in [-0.25, -0.2) is 4.79 Å². The Hall–Kier alpha value is -3.23. The van der Waals surface area contributed by atoms with Gasteiger partial charge in [0.05, 0.1) is 19.1 Å². The minimum absolute atomic E-state index is 0.0908. The predicted octanol–water partition coefficient (Wildman–Crippen LogP) is 2.25. The van der Waals surface area contributed by atoms with Crippen LogP contribution in [0.5, 0.6) is 0 Å². The number of nitrogens with zero attached hydrogens (tertiary/aromatic N) is 7. The quantitative estimate of drug-likeness (QED) is 0.747. The number of aromatic nitrogens is 6. The molecule has 2 aromatic heterocycles. The second-order valence-corrected chi connectivity index (χ2v) is 6.53. The van der Waals surface area contributed by atoms with Gasteiger partial charge in [0, 0.05) is 30.2 Å². The maximum absolute atomic E-state index is 12.8. The highest BCUT2D eigenvalue weighted by molar-refractivity contribution is 5.90. The number of urea groups is 1. The van der Waals surface area contributed by atoms with Gasteiger partial charge >= 0.3 is 6.03 Å². The van der Waals surface area contributed by atoms with Crippen molar-refractivity contribution in [3.05, 3.63) is 42.7 Å². The van der Waals surface area contributed by atoms with Crippen LogP contribution in [0.4, 0.5) is 10.5 Å². The number of amides is 2. The van der Waals surface area contributed by atoms with Crippen molar-refractivity contribution >= 4 is 11.7 Å². The first kappa shape index (κ1) is 17.2. The van der Waals surface area contributed by atoms with Crippen molar-refractivity contribution in [1.29, 1.82) is 0 Å². The summed E-state index contributed by atoms with van der Waals surface area (Å²) in [6, 6.07) is 9.48. The standard InChI is InChI=1S/C18H22N8O/c1-2-26-22-17(21-23-26)14-6-3-7-15(12-14)20-18(27)25-11-4-8-16(25)13-24-10-5-9-19-24/h3,5-7,9-10,12,16H,2,4,8,11,13H2,1H3,(H,20,27)/t16-/m1/s1. The topological polar surface area (TPSA) is 93.8 Å². The van der Waals surface area contributed by atoms with E-state index >= 15 is 0 Å². The molecule has 1 atom stereocenters. The fraction of sp³-hybridized carbons (Fsp3) is 0.389. The third-order valence-corrected chi connectivity index (χ3v) is 4.70. The minimum Gasteiger partial charge on any atom is -0.320 e. The highest BCUT2D eigenvalue weighted by Gasteiger charge is 2.29. The van der Waals surface area contributed by atoms with Crippen molar-refractivity contribution in [2.75, 3.05) is 11.9 Å². The molecule has 1 aromatic carbocycles. The minimum atomic E-state index is -0.0908. The van der Waals surface area contributed by atoms with Gasteiger partial charge in [0.2, 0.25) is 5.82 Å². The summed E-state index contributed by atoms with van der Waals surface area (Å²) >= 11 is 0. The van der Waals surface area contributed by atoms with Gasteiger partial charge < -0.3 is 10.2 Å². The number of nitrogens with one attached hydrogen (secondary N) is 1. The van der Waals surface area contributed by atoms with E-state index in [0.717, 1.165) is 30.6 Å². The molecule has 1 N–H and O–H groups in total. The predicted molar refractivity (Wildman–Crippen MR) is 99.9 cm³/mol. The van der Waals surface area contributed by atoms with E-state index < -0.39 is 0 Å². The lowest BCUT2D eigenvalue weighted by Gasteiger charge is -2.25. The molecule has 1 fully saturated rings. The van der Waals surface area contributed by atoms with Crippen LogP contribution in [0.3, 0.4) is 0 Å². The van der Waals surface area contributed by atoms with Gasteiger partial charge in [0.1, 0.15) is 0 Å². The molecule has 9 nitrogen and oxygen atoms in total. The van der Waals surface area contributed by atoms with Crippen molar-refractivity contribution in [3.8, 4) is 11.4 Å². The summed E-state index contributed by atoms with van der Waals surface area (Å²) in [4.78, 5) is 16.2. The van der Waals surface area contributed by atoms with Crippen LogP contribution in [0.25, 0.3) is 11.4 Å². The molecule has 4 rings (SSSR count). The van der Waals surface area contributed by atoms with Crippen LogP contribution in [0.1, 0.15) is 19.8 Å². The van der Waals surface area contributed by atoms with E-state index in [2.05, 4.69) is 25.8 Å². The first-order valence-corrected chi connectivity index (χ1v) is 9.16. The Kier molecular flexibility index (Phi) is 4.82. The Balaban J connectivity index is 1.45. The number of rotatable bonds is 5. The number of hydrogen-bond acceptors (Lipinski definition) is 5. The maximum atomic E-state index is 12.8.